The van der Waals surface area contributed by atoms with Crippen LogP contribution in [0.4, 0.5) is 0 Å². The Morgan fingerprint density at radius 1 is 0.963 bits per heavy atom. The molecule has 7 heteroatoms. The second-order valence-corrected chi connectivity index (χ2v) is 6.93. The lowest BCUT2D eigenvalue weighted by Gasteiger charge is -2.21. The molecule has 1 amide bonds. The van der Waals surface area contributed by atoms with Gasteiger partial charge in [0.2, 0.25) is 5.91 Å². The van der Waals surface area contributed by atoms with Gasteiger partial charge in [-0.2, -0.15) is 15.0 Å². The lowest BCUT2D eigenvalue weighted by Crippen LogP contribution is -2.39. The van der Waals surface area contributed by atoms with E-state index in [9.17, 15) is 9.90 Å². The quantitative estimate of drug-likeness (QED) is 0.750. The molecule has 2 aromatic carbocycles. The van der Waals surface area contributed by atoms with Crippen molar-refractivity contribution in [1.82, 2.24) is 24.8 Å². The van der Waals surface area contributed by atoms with Crippen molar-refractivity contribution in [3.05, 3.63) is 60.2 Å². The summed E-state index contributed by atoms with van der Waals surface area (Å²) < 4.78 is 0. The number of carbonyl (C=O) groups is 1. The van der Waals surface area contributed by atoms with Gasteiger partial charge < -0.3 is 10.0 Å². The van der Waals surface area contributed by atoms with E-state index in [1.165, 1.54) is 10.4 Å². The van der Waals surface area contributed by atoms with Gasteiger partial charge >= 0.3 is 0 Å². The van der Waals surface area contributed by atoms with Crippen LogP contribution in [-0.2, 0) is 17.9 Å². The van der Waals surface area contributed by atoms with Gasteiger partial charge in [-0.3, -0.25) is 9.69 Å². The molecule has 3 aromatic rings. The van der Waals surface area contributed by atoms with E-state index in [0.717, 1.165) is 24.1 Å². The Morgan fingerprint density at radius 3 is 2.33 bits per heavy atom. The van der Waals surface area contributed by atoms with E-state index in [1.807, 2.05) is 42.5 Å². The monoisotopic (exact) mass is 365 g/mol. The van der Waals surface area contributed by atoms with Crippen LogP contribution >= 0.6 is 0 Å². The number of aromatic nitrogens is 3. The van der Waals surface area contributed by atoms with Gasteiger partial charge in [-0.25, -0.2) is 0 Å². The number of nitrogens with zero attached hydrogens (tertiary/aromatic N) is 5. The van der Waals surface area contributed by atoms with Gasteiger partial charge in [0.05, 0.1) is 6.10 Å². The SMILES string of the molecule is O=C(Cn1nc2ccccc2n1)N1CCN(Cc2ccccc2)C[C@@H](O)C1. The first-order chi connectivity index (χ1) is 13.2. The molecular weight excluding hydrogens is 342 g/mol. The van der Waals surface area contributed by atoms with E-state index in [4.69, 9.17) is 0 Å². The zero-order valence-electron chi connectivity index (χ0n) is 15.1. The smallest absolute Gasteiger partial charge is 0.246 e. The molecule has 0 unspecified atom stereocenters. The highest BCUT2D eigenvalue weighted by Gasteiger charge is 2.25. The molecule has 0 spiro atoms. The topological polar surface area (TPSA) is 74.5 Å². The first kappa shape index (κ1) is 17.6. The van der Waals surface area contributed by atoms with Crippen molar-refractivity contribution < 1.29 is 9.90 Å². The van der Waals surface area contributed by atoms with E-state index in [2.05, 4.69) is 27.2 Å². The van der Waals surface area contributed by atoms with Gasteiger partial charge in [0.25, 0.3) is 0 Å². The molecule has 140 valence electrons. The summed E-state index contributed by atoms with van der Waals surface area (Å²) in [6, 6.07) is 17.7. The molecule has 4 rings (SSSR count). The summed E-state index contributed by atoms with van der Waals surface area (Å²) in [5.41, 5.74) is 2.75. The predicted molar refractivity (Wildman–Crippen MR) is 102 cm³/mol. The maximum Gasteiger partial charge on any atom is 0.246 e. The lowest BCUT2D eigenvalue weighted by atomic mass is 10.2. The molecule has 1 fully saturated rings. The van der Waals surface area contributed by atoms with Crippen LogP contribution in [0.1, 0.15) is 5.56 Å². The molecule has 1 saturated heterocycles. The molecule has 0 radical (unpaired) electrons. The van der Waals surface area contributed by atoms with Crippen molar-refractivity contribution in [2.75, 3.05) is 26.2 Å². The normalized spacial score (nSPS) is 18.6. The number of aliphatic hydroxyl groups is 1. The largest absolute Gasteiger partial charge is 0.390 e. The molecule has 2 heterocycles. The minimum absolute atomic E-state index is 0.0732. The van der Waals surface area contributed by atoms with Gasteiger partial charge in [-0.15, -0.1) is 0 Å². The van der Waals surface area contributed by atoms with E-state index < -0.39 is 6.10 Å². The average molecular weight is 365 g/mol. The van der Waals surface area contributed by atoms with Gasteiger partial charge in [0, 0.05) is 32.7 Å². The third kappa shape index (κ3) is 4.32. The van der Waals surface area contributed by atoms with Crippen LogP contribution in [0, 0.1) is 0 Å². The van der Waals surface area contributed by atoms with Crippen LogP contribution in [0.2, 0.25) is 0 Å². The Bertz CT molecular complexity index is 878. The number of benzene rings is 2. The summed E-state index contributed by atoms with van der Waals surface area (Å²) in [5.74, 6) is -0.0732. The standard InChI is InChI=1S/C20H23N5O2/c26-17-13-23(12-16-6-2-1-3-7-16)10-11-24(14-17)20(27)15-25-21-18-8-4-5-9-19(18)22-25/h1-9,17,26H,10-15H2/t17-/m1/s1. The minimum atomic E-state index is -0.565. The molecule has 0 saturated carbocycles. The number of carbonyl (C=O) groups excluding carboxylic acids is 1. The van der Waals surface area contributed by atoms with Crippen molar-refractivity contribution in [1.29, 1.82) is 0 Å². The Morgan fingerprint density at radius 2 is 1.63 bits per heavy atom. The minimum Gasteiger partial charge on any atom is -0.390 e. The molecule has 27 heavy (non-hydrogen) atoms. The van der Waals surface area contributed by atoms with Gasteiger partial charge in [0.15, 0.2) is 0 Å². The maximum atomic E-state index is 12.7. The Hall–Kier alpha value is -2.77. The van der Waals surface area contributed by atoms with E-state index in [0.29, 0.717) is 19.6 Å². The molecule has 0 bridgehead atoms. The lowest BCUT2D eigenvalue weighted by molar-refractivity contribution is -0.133. The number of fused-ring (bicyclic) bond motifs is 1. The Labute approximate surface area is 157 Å². The summed E-state index contributed by atoms with van der Waals surface area (Å²) in [5, 5.41) is 19.1. The number of rotatable bonds is 4. The third-order valence-corrected chi connectivity index (χ3v) is 4.79. The summed E-state index contributed by atoms with van der Waals surface area (Å²) >= 11 is 0. The second-order valence-electron chi connectivity index (χ2n) is 6.93. The average Bonchev–Trinajstić information content (AvgIpc) is 2.98. The molecule has 0 aliphatic carbocycles. The summed E-state index contributed by atoms with van der Waals surface area (Å²) in [4.78, 5) is 18.0. The van der Waals surface area contributed by atoms with Gasteiger partial charge in [-0.1, -0.05) is 42.5 Å². The van der Waals surface area contributed by atoms with Crippen molar-refractivity contribution in [3.63, 3.8) is 0 Å². The predicted octanol–water partition coefficient (Wildman–Crippen LogP) is 1.14. The summed E-state index contributed by atoms with van der Waals surface area (Å²) in [6.07, 6.45) is -0.565. The van der Waals surface area contributed by atoms with Crippen LogP contribution in [0.3, 0.4) is 0 Å². The second kappa shape index (κ2) is 7.85. The zero-order chi connectivity index (χ0) is 18.6. The van der Waals surface area contributed by atoms with Crippen molar-refractivity contribution in [2.24, 2.45) is 0 Å². The third-order valence-electron chi connectivity index (χ3n) is 4.79. The van der Waals surface area contributed by atoms with E-state index in [1.54, 1.807) is 4.90 Å². The number of β-amino-alcohol motifs (C(OH)–C–C–N with tert-alkyl or cyclic N) is 1. The fraction of sp³-hybridized carbons (Fsp3) is 0.350. The van der Waals surface area contributed by atoms with Crippen LogP contribution < -0.4 is 0 Å². The van der Waals surface area contributed by atoms with Crippen molar-refractivity contribution in [3.8, 4) is 0 Å². The first-order valence-corrected chi connectivity index (χ1v) is 9.19. The van der Waals surface area contributed by atoms with Crippen LogP contribution in [0.25, 0.3) is 11.0 Å². The molecule has 1 N–H and O–H groups in total. The van der Waals surface area contributed by atoms with Crippen LogP contribution in [0.5, 0.6) is 0 Å². The molecule has 7 nitrogen and oxygen atoms in total. The Balaban J connectivity index is 1.39. The maximum absolute atomic E-state index is 12.7. The Kier molecular flexibility index (Phi) is 5.13. The highest BCUT2D eigenvalue weighted by atomic mass is 16.3. The number of hydrogen-bond acceptors (Lipinski definition) is 5. The van der Waals surface area contributed by atoms with Crippen LogP contribution in [0.15, 0.2) is 54.6 Å². The fourth-order valence-corrected chi connectivity index (χ4v) is 3.46. The van der Waals surface area contributed by atoms with Crippen LogP contribution in [-0.4, -0.2) is 68.1 Å². The highest BCUT2D eigenvalue weighted by Crippen LogP contribution is 2.11. The number of aliphatic hydroxyl groups excluding tert-OH is 1. The molecule has 1 atom stereocenters. The number of amides is 1. The van der Waals surface area contributed by atoms with Gasteiger partial charge in [-0.05, 0) is 17.7 Å². The van der Waals surface area contributed by atoms with Crippen molar-refractivity contribution >= 4 is 16.9 Å². The molecule has 1 aliphatic heterocycles. The van der Waals surface area contributed by atoms with E-state index in [-0.39, 0.29) is 12.5 Å². The molecule has 1 aliphatic rings. The van der Waals surface area contributed by atoms with Crippen molar-refractivity contribution in [2.45, 2.75) is 19.2 Å². The van der Waals surface area contributed by atoms with Gasteiger partial charge in [0.1, 0.15) is 17.6 Å². The highest BCUT2D eigenvalue weighted by molar-refractivity contribution is 5.77. The zero-order valence-corrected chi connectivity index (χ0v) is 15.1. The number of hydrogen-bond donors (Lipinski definition) is 1. The summed E-state index contributed by atoms with van der Waals surface area (Å²) in [7, 11) is 0. The first-order valence-electron chi connectivity index (χ1n) is 9.19. The summed E-state index contributed by atoms with van der Waals surface area (Å²) in [6.45, 7) is 3.06. The fourth-order valence-electron chi connectivity index (χ4n) is 3.46. The van der Waals surface area contributed by atoms with E-state index >= 15 is 0 Å². The molecule has 1 aromatic heterocycles. The molecular formula is C20H23N5O2.